The largest absolute Gasteiger partial charge is 0.507 e. The van der Waals surface area contributed by atoms with Gasteiger partial charge < -0.3 is 10.2 Å². The second-order valence-corrected chi connectivity index (χ2v) is 9.00. The fraction of sp³-hybridized carbons (Fsp3) is 0.611. The smallest absolute Gasteiger partial charge is 0.316 e. The molecule has 4 heteroatoms. The summed E-state index contributed by atoms with van der Waals surface area (Å²) in [6.07, 6.45) is 0.566. The summed E-state index contributed by atoms with van der Waals surface area (Å²) in [6, 6.07) is 3.86. The van der Waals surface area contributed by atoms with Crippen molar-refractivity contribution >= 4 is 17.7 Å². The van der Waals surface area contributed by atoms with Crippen LogP contribution in [0, 0.1) is 0 Å². The zero-order valence-electron chi connectivity index (χ0n) is 14.7. The van der Waals surface area contributed by atoms with E-state index in [9.17, 15) is 15.0 Å². The Morgan fingerprint density at radius 1 is 1.09 bits per heavy atom. The van der Waals surface area contributed by atoms with Crippen molar-refractivity contribution in [2.24, 2.45) is 0 Å². The highest BCUT2D eigenvalue weighted by atomic mass is 32.2. The summed E-state index contributed by atoms with van der Waals surface area (Å²) in [6.45, 7) is 14.2. The van der Waals surface area contributed by atoms with Crippen LogP contribution in [0.1, 0.15) is 66.0 Å². The van der Waals surface area contributed by atoms with Crippen LogP contribution in [0.5, 0.6) is 5.75 Å². The van der Waals surface area contributed by atoms with E-state index in [1.54, 1.807) is 0 Å². The molecule has 124 valence electrons. The molecule has 0 aliphatic heterocycles. The predicted molar refractivity (Wildman–Crippen MR) is 93.1 cm³/mol. The molecule has 0 spiro atoms. The Hall–Kier alpha value is -1.16. The molecule has 1 aromatic rings. The van der Waals surface area contributed by atoms with Crippen molar-refractivity contribution in [3.63, 3.8) is 0 Å². The lowest BCUT2D eigenvalue weighted by Gasteiger charge is -2.28. The molecule has 0 radical (unpaired) electrons. The highest BCUT2D eigenvalue weighted by Crippen LogP contribution is 2.42. The lowest BCUT2D eigenvalue weighted by molar-refractivity contribution is -0.136. The van der Waals surface area contributed by atoms with Crippen molar-refractivity contribution in [1.82, 2.24) is 0 Å². The number of hydrogen-bond donors (Lipinski definition) is 2. The monoisotopic (exact) mass is 324 g/mol. The molecular weight excluding hydrogens is 296 g/mol. The summed E-state index contributed by atoms with van der Waals surface area (Å²) in [7, 11) is 0. The van der Waals surface area contributed by atoms with E-state index in [1.165, 1.54) is 11.8 Å². The molecule has 0 aliphatic rings. The molecule has 1 rings (SSSR count). The summed E-state index contributed by atoms with van der Waals surface area (Å²) in [4.78, 5) is 12.2. The van der Waals surface area contributed by atoms with Crippen LogP contribution in [-0.2, 0) is 15.6 Å². The minimum atomic E-state index is -0.796. The van der Waals surface area contributed by atoms with Gasteiger partial charge in [0, 0.05) is 16.0 Å². The molecule has 22 heavy (non-hydrogen) atoms. The van der Waals surface area contributed by atoms with Gasteiger partial charge >= 0.3 is 5.97 Å². The van der Waals surface area contributed by atoms with E-state index in [0.29, 0.717) is 12.2 Å². The molecule has 1 atom stereocenters. The number of carbonyl (C=O) groups is 1. The zero-order valence-corrected chi connectivity index (χ0v) is 15.5. The van der Waals surface area contributed by atoms with Crippen LogP contribution in [0.15, 0.2) is 17.0 Å². The Morgan fingerprint density at radius 3 is 1.77 bits per heavy atom. The maximum absolute atomic E-state index is 11.3. The third-order valence-corrected chi connectivity index (χ3v) is 4.95. The number of phenolic OH excluding ortho intramolecular Hbond substituents is 1. The number of rotatable bonds is 4. The van der Waals surface area contributed by atoms with E-state index in [4.69, 9.17) is 0 Å². The van der Waals surface area contributed by atoms with Crippen molar-refractivity contribution in [1.29, 1.82) is 0 Å². The summed E-state index contributed by atoms with van der Waals surface area (Å²) in [5, 5.41) is 19.5. The third kappa shape index (κ3) is 4.42. The number of benzene rings is 1. The van der Waals surface area contributed by atoms with Crippen LogP contribution < -0.4 is 0 Å². The van der Waals surface area contributed by atoms with Gasteiger partial charge in [0.2, 0.25) is 0 Å². The number of carboxylic acid groups (broad SMARTS) is 1. The zero-order chi connectivity index (χ0) is 17.3. The minimum Gasteiger partial charge on any atom is -0.507 e. The van der Waals surface area contributed by atoms with Gasteiger partial charge in [0.25, 0.3) is 0 Å². The summed E-state index contributed by atoms with van der Waals surface area (Å²) < 4.78 is 0. The Morgan fingerprint density at radius 2 is 1.50 bits per heavy atom. The number of aromatic hydroxyl groups is 1. The van der Waals surface area contributed by atoms with Gasteiger partial charge in [-0.15, -0.1) is 11.8 Å². The topological polar surface area (TPSA) is 57.5 Å². The Labute approximate surface area is 138 Å². The highest BCUT2D eigenvalue weighted by Gasteiger charge is 2.27. The molecule has 2 N–H and O–H groups in total. The number of thioether (sulfide) groups is 1. The molecule has 0 aliphatic carbocycles. The van der Waals surface area contributed by atoms with Gasteiger partial charge in [-0.05, 0) is 29.4 Å². The predicted octanol–water partition coefficient (Wildman–Crippen LogP) is 4.94. The summed E-state index contributed by atoms with van der Waals surface area (Å²) in [5.41, 5.74) is 1.32. The van der Waals surface area contributed by atoms with Crippen LogP contribution >= 0.6 is 11.8 Å². The molecule has 0 heterocycles. The Kier molecular flexibility index (Phi) is 5.61. The lowest BCUT2D eigenvalue weighted by atomic mass is 9.79. The molecule has 1 aromatic carbocycles. The molecule has 0 aromatic heterocycles. The van der Waals surface area contributed by atoms with Gasteiger partial charge in [-0.3, -0.25) is 4.79 Å². The van der Waals surface area contributed by atoms with Crippen molar-refractivity contribution in [2.75, 3.05) is 0 Å². The normalized spacial score (nSPS) is 14.0. The number of hydrogen-bond acceptors (Lipinski definition) is 3. The number of aliphatic carboxylic acids is 1. The standard InChI is InChI=1S/C18H28O3S/c1-8-14(16(20)21)22-11-9-12(17(2,3)4)15(19)13(10-11)18(5,6)7/h9-10,14,19H,8H2,1-7H3,(H,20,21). The summed E-state index contributed by atoms with van der Waals surface area (Å²) in [5.74, 6) is -0.470. The first kappa shape index (κ1) is 18.9. The van der Waals surface area contributed by atoms with E-state index in [-0.39, 0.29) is 10.8 Å². The quantitative estimate of drug-likeness (QED) is 0.770. The van der Waals surface area contributed by atoms with E-state index in [2.05, 4.69) is 41.5 Å². The Balaban J connectivity index is 3.44. The van der Waals surface area contributed by atoms with Crippen LogP contribution in [0.25, 0.3) is 0 Å². The van der Waals surface area contributed by atoms with Gasteiger partial charge in [-0.1, -0.05) is 48.5 Å². The van der Waals surface area contributed by atoms with E-state index < -0.39 is 11.2 Å². The lowest BCUT2D eigenvalue weighted by Crippen LogP contribution is -2.18. The maximum atomic E-state index is 11.3. The third-order valence-electron chi connectivity index (χ3n) is 3.62. The molecular formula is C18H28O3S. The number of phenols is 1. The van der Waals surface area contributed by atoms with Crippen LogP contribution in [0.4, 0.5) is 0 Å². The van der Waals surface area contributed by atoms with Crippen molar-refractivity contribution < 1.29 is 15.0 Å². The average Bonchev–Trinajstić information content (AvgIpc) is 2.34. The second kappa shape index (κ2) is 6.53. The van der Waals surface area contributed by atoms with E-state index in [0.717, 1.165) is 16.0 Å². The van der Waals surface area contributed by atoms with Gasteiger partial charge in [-0.25, -0.2) is 0 Å². The molecule has 0 saturated carbocycles. The van der Waals surface area contributed by atoms with Gasteiger partial charge in [-0.2, -0.15) is 0 Å². The maximum Gasteiger partial charge on any atom is 0.316 e. The van der Waals surface area contributed by atoms with Crippen LogP contribution in [-0.4, -0.2) is 21.4 Å². The second-order valence-electron chi connectivity index (χ2n) is 7.72. The van der Waals surface area contributed by atoms with Crippen molar-refractivity contribution in [3.8, 4) is 5.75 Å². The van der Waals surface area contributed by atoms with Gasteiger partial charge in [0.1, 0.15) is 11.0 Å². The van der Waals surface area contributed by atoms with Crippen LogP contribution in [0.2, 0.25) is 0 Å². The minimum absolute atomic E-state index is 0.203. The molecule has 1 unspecified atom stereocenters. The Bertz CT molecular complexity index is 515. The molecule has 0 amide bonds. The van der Waals surface area contributed by atoms with E-state index in [1.807, 2.05) is 19.1 Å². The fourth-order valence-corrected chi connectivity index (χ4v) is 3.26. The van der Waals surface area contributed by atoms with Gasteiger partial charge in [0.15, 0.2) is 0 Å². The molecule has 3 nitrogen and oxygen atoms in total. The SMILES string of the molecule is CCC(Sc1cc(C(C)(C)C)c(O)c(C(C)(C)C)c1)C(=O)O. The summed E-state index contributed by atoms with van der Waals surface area (Å²) >= 11 is 1.36. The first-order valence-electron chi connectivity index (χ1n) is 7.65. The fourth-order valence-electron chi connectivity index (χ4n) is 2.29. The van der Waals surface area contributed by atoms with Crippen molar-refractivity contribution in [2.45, 2.75) is 75.9 Å². The number of carboxylic acids is 1. The first-order valence-corrected chi connectivity index (χ1v) is 8.53. The molecule has 0 fully saturated rings. The highest BCUT2D eigenvalue weighted by molar-refractivity contribution is 8.00. The van der Waals surface area contributed by atoms with Crippen molar-refractivity contribution in [3.05, 3.63) is 23.3 Å². The van der Waals surface area contributed by atoms with E-state index >= 15 is 0 Å². The first-order chi connectivity index (χ1) is 9.87. The molecule has 0 bridgehead atoms. The molecule has 0 saturated heterocycles. The average molecular weight is 324 g/mol. The van der Waals surface area contributed by atoms with Crippen LogP contribution in [0.3, 0.4) is 0 Å². The van der Waals surface area contributed by atoms with Gasteiger partial charge in [0.05, 0.1) is 0 Å².